The highest BCUT2D eigenvalue weighted by Crippen LogP contribution is 2.32. The zero-order valence-electron chi connectivity index (χ0n) is 11.1. The summed E-state index contributed by atoms with van der Waals surface area (Å²) in [6.45, 7) is 1.29. The zero-order chi connectivity index (χ0) is 15.2. The fourth-order valence-electron chi connectivity index (χ4n) is 2.42. The van der Waals surface area contributed by atoms with Crippen molar-refractivity contribution in [3.8, 4) is 0 Å². The van der Waals surface area contributed by atoms with Crippen molar-refractivity contribution >= 4 is 17.8 Å². The summed E-state index contributed by atoms with van der Waals surface area (Å²) in [5, 5.41) is 9.58. The molecule has 0 fully saturated rings. The topological polar surface area (TPSA) is 92.5 Å². The van der Waals surface area contributed by atoms with E-state index in [1.165, 1.54) is 42.3 Å². The summed E-state index contributed by atoms with van der Waals surface area (Å²) < 4.78 is 1.22. The number of aromatic nitrogens is 2. The number of nitrogens with zero attached hydrogens (tertiary/aromatic N) is 3. The SMILES string of the molecule is CC(C(=O)O)(N1C(=O)c2ccccc2C1=O)n1ccnc1. The summed E-state index contributed by atoms with van der Waals surface area (Å²) in [5.41, 5.74) is -1.46. The monoisotopic (exact) mass is 285 g/mol. The third-order valence-electron chi connectivity index (χ3n) is 3.64. The van der Waals surface area contributed by atoms with Gasteiger partial charge in [-0.05, 0) is 19.1 Å². The van der Waals surface area contributed by atoms with Gasteiger partial charge in [-0.1, -0.05) is 12.1 Å². The highest BCUT2D eigenvalue weighted by atomic mass is 16.4. The second kappa shape index (κ2) is 4.27. The Bertz CT molecular complexity index is 718. The van der Waals surface area contributed by atoms with Crippen LogP contribution in [0.25, 0.3) is 0 Å². The summed E-state index contributed by atoms with van der Waals surface area (Å²) in [7, 11) is 0. The molecule has 21 heavy (non-hydrogen) atoms. The Balaban J connectivity index is 2.18. The number of aliphatic carboxylic acids is 1. The minimum Gasteiger partial charge on any atom is -0.478 e. The van der Waals surface area contributed by atoms with Crippen LogP contribution in [0.15, 0.2) is 43.0 Å². The van der Waals surface area contributed by atoms with Gasteiger partial charge < -0.3 is 9.67 Å². The average Bonchev–Trinajstić information content (AvgIpc) is 3.08. The Morgan fingerprint density at radius 1 is 1.19 bits per heavy atom. The molecule has 0 bridgehead atoms. The van der Waals surface area contributed by atoms with E-state index in [9.17, 15) is 19.5 Å². The summed E-state index contributed by atoms with van der Waals surface area (Å²) in [4.78, 5) is 41.2. The Hall–Kier alpha value is -2.96. The van der Waals surface area contributed by atoms with Crippen LogP contribution in [0.3, 0.4) is 0 Å². The Morgan fingerprint density at radius 3 is 2.19 bits per heavy atom. The zero-order valence-corrected chi connectivity index (χ0v) is 11.1. The van der Waals surface area contributed by atoms with Crippen LogP contribution in [0, 0.1) is 0 Å². The van der Waals surface area contributed by atoms with Crippen molar-refractivity contribution in [2.75, 3.05) is 0 Å². The fourth-order valence-corrected chi connectivity index (χ4v) is 2.42. The van der Waals surface area contributed by atoms with E-state index in [0.29, 0.717) is 0 Å². The molecule has 1 aromatic heterocycles. The van der Waals surface area contributed by atoms with Gasteiger partial charge in [0.25, 0.3) is 11.8 Å². The molecule has 1 N–H and O–H groups in total. The van der Waals surface area contributed by atoms with Crippen LogP contribution in [0.1, 0.15) is 27.6 Å². The van der Waals surface area contributed by atoms with Crippen LogP contribution < -0.4 is 0 Å². The van der Waals surface area contributed by atoms with E-state index in [1.54, 1.807) is 12.1 Å². The number of benzene rings is 1. The Kier molecular flexibility index (Phi) is 2.65. The van der Waals surface area contributed by atoms with Crippen molar-refractivity contribution in [3.05, 3.63) is 54.1 Å². The standard InChI is InChI=1S/C14H11N3O4/c1-14(13(20)21,16-7-6-15-8-16)17-11(18)9-4-2-3-5-10(9)12(17)19/h2-8H,1H3,(H,20,21). The molecular weight excluding hydrogens is 274 g/mol. The van der Waals surface area contributed by atoms with E-state index in [2.05, 4.69) is 4.98 Å². The third kappa shape index (κ3) is 1.60. The van der Waals surface area contributed by atoms with Gasteiger partial charge in [0, 0.05) is 12.4 Å². The lowest BCUT2D eigenvalue weighted by Gasteiger charge is -2.34. The van der Waals surface area contributed by atoms with Crippen LogP contribution in [0.5, 0.6) is 0 Å². The van der Waals surface area contributed by atoms with Gasteiger partial charge in [0.1, 0.15) is 0 Å². The Morgan fingerprint density at radius 2 is 1.76 bits per heavy atom. The summed E-state index contributed by atoms with van der Waals surface area (Å²) in [6, 6.07) is 6.27. The Labute approximate surface area is 119 Å². The van der Waals surface area contributed by atoms with Crippen LogP contribution in [-0.4, -0.2) is 37.3 Å². The molecule has 7 nitrogen and oxygen atoms in total. The largest absolute Gasteiger partial charge is 0.478 e. The minimum absolute atomic E-state index is 0.204. The quantitative estimate of drug-likeness (QED) is 0.847. The minimum atomic E-state index is -1.87. The van der Waals surface area contributed by atoms with Crippen molar-refractivity contribution in [1.29, 1.82) is 0 Å². The maximum absolute atomic E-state index is 12.5. The van der Waals surface area contributed by atoms with Crippen LogP contribution >= 0.6 is 0 Å². The molecule has 1 atom stereocenters. The number of imidazole rings is 1. The van der Waals surface area contributed by atoms with Gasteiger partial charge >= 0.3 is 5.97 Å². The molecule has 0 radical (unpaired) electrons. The van der Waals surface area contributed by atoms with Gasteiger partial charge in [-0.25, -0.2) is 14.7 Å². The first-order valence-corrected chi connectivity index (χ1v) is 6.17. The second-order valence-electron chi connectivity index (χ2n) is 4.79. The molecule has 0 aliphatic carbocycles. The molecule has 2 amide bonds. The van der Waals surface area contributed by atoms with Gasteiger partial charge in [0.2, 0.25) is 5.66 Å². The number of hydrogen-bond donors (Lipinski definition) is 1. The number of carboxylic acid groups (broad SMARTS) is 1. The van der Waals surface area contributed by atoms with Crippen molar-refractivity contribution in [2.24, 2.45) is 0 Å². The first kappa shape index (κ1) is 13.0. The van der Waals surface area contributed by atoms with E-state index < -0.39 is 23.4 Å². The van der Waals surface area contributed by atoms with Gasteiger partial charge in [0.15, 0.2) is 0 Å². The van der Waals surface area contributed by atoms with E-state index in [4.69, 9.17) is 0 Å². The lowest BCUT2D eigenvalue weighted by Crippen LogP contribution is -2.56. The number of imide groups is 1. The molecule has 0 spiro atoms. The van der Waals surface area contributed by atoms with Gasteiger partial charge in [-0.2, -0.15) is 0 Å². The smallest absolute Gasteiger partial charge is 0.351 e. The normalized spacial score (nSPS) is 16.7. The molecule has 2 heterocycles. The number of amides is 2. The van der Waals surface area contributed by atoms with Crippen molar-refractivity contribution in [3.63, 3.8) is 0 Å². The van der Waals surface area contributed by atoms with Crippen molar-refractivity contribution in [2.45, 2.75) is 12.6 Å². The highest BCUT2D eigenvalue weighted by molar-refractivity contribution is 6.22. The second-order valence-corrected chi connectivity index (χ2v) is 4.79. The molecule has 7 heteroatoms. The molecule has 1 aromatic carbocycles. The van der Waals surface area contributed by atoms with Crippen molar-refractivity contribution < 1.29 is 19.5 Å². The van der Waals surface area contributed by atoms with Gasteiger partial charge in [-0.15, -0.1) is 0 Å². The number of carboxylic acids is 1. The van der Waals surface area contributed by atoms with Crippen LogP contribution in [0.2, 0.25) is 0 Å². The number of hydrogen-bond acceptors (Lipinski definition) is 4. The van der Waals surface area contributed by atoms with E-state index in [-0.39, 0.29) is 11.1 Å². The summed E-state index contributed by atoms with van der Waals surface area (Å²) in [5.74, 6) is -2.58. The predicted octanol–water partition coefficient (Wildman–Crippen LogP) is 0.937. The lowest BCUT2D eigenvalue weighted by molar-refractivity contribution is -0.153. The molecule has 1 aliphatic heterocycles. The maximum atomic E-state index is 12.5. The fraction of sp³-hybridized carbons (Fsp3) is 0.143. The van der Waals surface area contributed by atoms with Crippen LogP contribution in [-0.2, 0) is 10.5 Å². The van der Waals surface area contributed by atoms with E-state index in [1.807, 2.05) is 0 Å². The number of carbonyl (C=O) groups excluding carboxylic acids is 2. The van der Waals surface area contributed by atoms with Crippen LogP contribution in [0.4, 0.5) is 0 Å². The van der Waals surface area contributed by atoms with Crippen molar-refractivity contribution in [1.82, 2.24) is 14.5 Å². The number of rotatable bonds is 3. The van der Waals surface area contributed by atoms with E-state index >= 15 is 0 Å². The molecule has 0 saturated carbocycles. The first-order chi connectivity index (χ1) is 9.98. The van der Waals surface area contributed by atoms with E-state index in [0.717, 1.165) is 4.90 Å². The molecule has 3 rings (SSSR count). The maximum Gasteiger partial charge on any atom is 0.351 e. The molecular formula is C14H11N3O4. The molecule has 0 saturated heterocycles. The summed E-state index contributed by atoms with van der Waals surface area (Å²) >= 11 is 0. The van der Waals surface area contributed by atoms with Gasteiger partial charge in [0.05, 0.1) is 17.5 Å². The predicted molar refractivity (Wildman–Crippen MR) is 70.5 cm³/mol. The molecule has 106 valence electrons. The highest BCUT2D eigenvalue weighted by Gasteiger charge is 2.52. The molecule has 1 unspecified atom stereocenters. The van der Waals surface area contributed by atoms with Gasteiger partial charge in [-0.3, -0.25) is 9.59 Å². The third-order valence-corrected chi connectivity index (χ3v) is 3.64. The first-order valence-electron chi connectivity index (χ1n) is 6.17. The lowest BCUT2D eigenvalue weighted by atomic mass is 10.1. The molecule has 1 aliphatic rings. The number of carbonyl (C=O) groups is 3. The number of fused-ring (bicyclic) bond motifs is 1. The summed E-state index contributed by atoms with van der Waals surface area (Å²) in [6.07, 6.45) is 4.05. The molecule has 2 aromatic rings. The average molecular weight is 285 g/mol.